The molecule has 1 saturated carbocycles. The standard InChI is InChI=1S/C19H26N2O3/c1-13(2)24-17-8-7-16(10-15(17)12-20)21-18(22)19(23-4)9-5-6-14(3)11-19/h7-8,10,13-14H,5-6,9,11H2,1-4H3,(H,21,22). The summed E-state index contributed by atoms with van der Waals surface area (Å²) in [5.41, 5.74) is 0.213. The minimum Gasteiger partial charge on any atom is -0.490 e. The number of amides is 1. The predicted molar refractivity (Wildman–Crippen MR) is 92.9 cm³/mol. The van der Waals surface area contributed by atoms with Crippen molar-refractivity contribution in [2.75, 3.05) is 12.4 Å². The highest BCUT2D eigenvalue weighted by molar-refractivity contribution is 5.97. The van der Waals surface area contributed by atoms with E-state index in [1.54, 1.807) is 25.3 Å². The molecule has 24 heavy (non-hydrogen) atoms. The van der Waals surface area contributed by atoms with E-state index in [1.165, 1.54) is 0 Å². The summed E-state index contributed by atoms with van der Waals surface area (Å²) < 4.78 is 11.2. The summed E-state index contributed by atoms with van der Waals surface area (Å²) in [5.74, 6) is 0.845. The Balaban J connectivity index is 2.18. The summed E-state index contributed by atoms with van der Waals surface area (Å²) in [5, 5.41) is 12.2. The molecule has 1 aromatic carbocycles. The van der Waals surface area contributed by atoms with Gasteiger partial charge in [0.15, 0.2) is 0 Å². The number of anilines is 1. The minimum absolute atomic E-state index is 0.0157. The number of hydrogen-bond acceptors (Lipinski definition) is 4. The highest BCUT2D eigenvalue weighted by Crippen LogP contribution is 2.36. The van der Waals surface area contributed by atoms with Gasteiger partial charge in [0.05, 0.1) is 11.7 Å². The Labute approximate surface area is 144 Å². The first kappa shape index (κ1) is 18.3. The maximum Gasteiger partial charge on any atom is 0.256 e. The van der Waals surface area contributed by atoms with Gasteiger partial charge in [-0.25, -0.2) is 0 Å². The molecule has 1 fully saturated rings. The van der Waals surface area contributed by atoms with Gasteiger partial charge in [0.2, 0.25) is 0 Å². The number of carbonyl (C=O) groups is 1. The van der Waals surface area contributed by atoms with E-state index in [9.17, 15) is 10.1 Å². The Morgan fingerprint density at radius 3 is 2.79 bits per heavy atom. The zero-order valence-corrected chi connectivity index (χ0v) is 14.9. The van der Waals surface area contributed by atoms with Crippen molar-refractivity contribution in [3.05, 3.63) is 23.8 Å². The van der Waals surface area contributed by atoms with Crippen molar-refractivity contribution in [3.63, 3.8) is 0 Å². The van der Waals surface area contributed by atoms with E-state index in [0.29, 0.717) is 22.9 Å². The number of nitrogens with one attached hydrogen (secondary N) is 1. The van der Waals surface area contributed by atoms with Crippen LogP contribution in [-0.4, -0.2) is 24.7 Å². The minimum atomic E-state index is -0.780. The van der Waals surface area contributed by atoms with E-state index in [0.717, 1.165) is 25.7 Å². The van der Waals surface area contributed by atoms with Gasteiger partial charge in [-0.15, -0.1) is 0 Å². The molecule has 1 aliphatic rings. The molecule has 0 heterocycles. The van der Waals surface area contributed by atoms with Crippen molar-refractivity contribution in [3.8, 4) is 11.8 Å². The molecule has 1 N–H and O–H groups in total. The Kier molecular flexibility index (Phi) is 5.84. The fourth-order valence-electron chi connectivity index (χ4n) is 3.28. The maximum absolute atomic E-state index is 12.8. The van der Waals surface area contributed by atoms with Crippen LogP contribution < -0.4 is 10.1 Å². The van der Waals surface area contributed by atoms with Gasteiger partial charge in [-0.3, -0.25) is 4.79 Å². The van der Waals surface area contributed by atoms with E-state index in [1.807, 2.05) is 13.8 Å². The molecular formula is C19H26N2O3. The fourth-order valence-corrected chi connectivity index (χ4v) is 3.28. The zero-order valence-electron chi connectivity index (χ0n) is 14.9. The third kappa shape index (κ3) is 4.07. The second kappa shape index (κ2) is 7.67. The Morgan fingerprint density at radius 2 is 2.21 bits per heavy atom. The second-order valence-electron chi connectivity index (χ2n) is 6.84. The summed E-state index contributed by atoms with van der Waals surface area (Å²) in [6, 6.07) is 7.24. The molecular weight excluding hydrogens is 304 g/mol. The Morgan fingerprint density at radius 1 is 1.46 bits per heavy atom. The van der Waals surface area contributed by atoms with Crippen molar-refractivity contribution in [2.45, 2.75) is 58.2 Å². The molecule has 2 atom stereocenters. The van der Waals surface area contributed by atoms with Gasteiger partial charge >= 0.3 is 0 Å². The number of nitrogens with zero attached hydrogens (tertiary/aromatic N) is 1. The van der Waals surface area contributed by atoms with Crippen LogP contribution in [0.3, 0.4) is 0 Å². The maximum atomic E-state index is 12.8. The third-order valence-corrected chi connectivity index (χ3v) is 4.48. The van der Waals surface area contributed by atoms with E-state index < -0.39 is 5.60 Å². The van der Waals surface area contributed by atoms with Crippen LogP contribution in [0.15, 0.2) is 18.2 Å². The second-order valence-corrected chi connectivity index (χ2v) is 6.84. The van der Waals surface area contributed by atoms with Crippen LogP contribution in [0.5, 0.6) is 5.75 Å². The first-order valence-corrected chi connectivity index (χ1v) is 8.47. The number of benzene rings is 1. The smallest absolute Gasteiger partial charge is 0.256 e. The highest BCUT2D eigenvalue weighted by atomic mass is 16.5. The van der Waals surface area contributed by atoms with E-state index in [-0.39, 0.29) is 12.0 Å². The van der Waals surface area contributed by atoms with Gasteiger partial charge in [-0.1, -0.05) is 13.3 Å². The average molecular weight is 330 g/mol. The van der Waals surface area contributed by atoms with Crippen molar-refractivity contribution >= 4 is 11.6 Å². The van der Waals surface area contributed by atoms with Crippen molar-refractivity contribution < 1.29 is 14.3 Å². The van der Waals surface area contributed by atoms with E-state index in [2.05, 4.69) is 18.3 Å². The molecule has 0 aliphatic heterocycles. The first-order chi connectivity index (χ1) is 11.4. The molecule has 0 bridgehead atoms. The summed E-state index contributed by atoms with van der Waals surface area (Å²) >= 11 is 0. The predicted octanol–water partition coefficient (Wildman–Crippen LogP) is 3.88. The van der Waals surface area contributed by atoms with Crippen LogP contribution in [0.2, 0.25) is 0 Å². The Hall–Kier alpha value is -2.06. The fraction of sp³-hybridized carbons (Fsp3) is 0.579. The lowest BCUT2D eigenvalue weighted by Gasteiger charge is -2.37. The molecule has 2 unspecified atom stereocenters. The number of hydrogen-bond donors (Lipinski definition) is 1. The summed E-state index contributed by atoms with van der Waals surface area (Å²) in [6.45, 7) is 5.96. The van der Waals surface area contributed by atoms with Gasteiger partial charge < -0.3 is 14.8 Å². The molecule has 0 saturated heterocycles. The summed E-state index contributed by atoms with van der Waals surface area (Å²) in [4.78, 5) is 12.8. The van der Waals surface area contributed by atoms with Gasteiger partial charge in [-0.2, -0.15) is 5.26 Å². The van der Waals surface area contributed by atoms with Crippen LogP contribution in [0.25, 0.3) is 0 Å². The summed E-state index contributed by atoms with van der Waals surface area (Å²) in [6.07, 6.45) is 3.53. The number of methoxy groups -OCH3 is 1. The number of rotatable bonds is 5. The lowest BCUT2D eigenvalue weighted by molar-refractivity contribution is -0.143. The van der Waals surface area contributed by atoms with Crippen LogP contribution in [0.1, 0.15) is 52.0 Å². The van der Waals surface area contributed by atoms with Crippen molar-refractivity contribution in [1.82, 2.24) is 0 Å². The van der Waals surface area contributed by atoms with Crippen LogP contribution in [0, 0.1) is 17.2 Å². The van der Waals surface area contributed by atoms with Crippen molar-refractivity contribution in [2.24, 2.45) is 5.92 Å². The number of ether oxygens (including phenoxy) is 2. The SMILES string of the molecule is COC1(C(=O)Nc2ccc(OC(C)C)c(C#N)c2)CCCC(C)C1. The molecule has 5 nitrogen and oxygen atoms in total. The topological polar surface area (TPSA) is 71.3 Å². The lowest BCUT2D eigenvalue weighted by Crippen LogP contribution is -2.47. The van der Waals surface area contributed by atoms with Crippen molar-refractivity contribution in [1.29, 1.82) is 5.26 Å². The monoisotopic (exact) mass is 330 g/mol. The summed E-state index contributed by atoms with van der Waals surface area (Å²) in [7, 11) is 1.60. The van der Waals surface area contributed by atoms with E-state index >= 15 is 0 Å². The average Bonchev–Trinajstić information content (AvgIpc) is 2.55. The van der Waals surface area contributed by atoms with Crippen LogP contribution in [0.4, 0.5) is 5.69 Å². The first-order valence-electron chi connectivity index (χ1n) is 8.47. The third-order valence-electron chi connectivity index (χ3n) is 4.48. The molecule has 2 rings (SSSR count). The van der Waals surface area contributed by atoms with Gasteiger partial charge in [0, 0.05) is 12.8 Å². The molecule has 0 aromatic heterocycles. The molecule has 0 spiro atoms. The zero-order chi connectivity index (χ0) is 17.7. The van der Waals surface area contributed by atoms with Gasteiger partial charge in [0.25, 0.3) is 5.91 Å². The molecule has 5 heteroatoms. The Bertz CT molecular complexity index is 636. The van der Waals surface area contributed by atoms with Gasteiger partial charge in [-0.05, 0) is 57.2 Å². The van der Waals surface area contributed by atoms with E-state index in [4.69, 9.17) is 9.47 Å². The van der Waals surface area contributed by atoms with Crippen LogP contribution in [-0.2, 0) is 9.53 Å². The van der Waals surface area contributed by atoms with Gasteiger partial charge in [0.1, 0.15) is 17.4 Å². The number of carbonyl (C=O) groups excluding carboxylic acids is 1. The molecule has 1 amide bonds. The highest BCUT2D eigenvalue weighted by Gasteiger charge is 2.42. The lowest BCUT2D eigenvalue weighted by atomic mass is 9.78. The molecule has 0 radical (unpaired) electrons. The molecule has 1 aromatic rings. The van der Waals surface area contributed by atoms with Crippen LogP contribution >= 0.6 is 0 Å². The number of nitriles is 1. The largest absolute Gasteiger partial charge is 0.490 e. The molecule has 1 aliphatic carbocycles. The quantitative estimate of drug-likeness (QED) is 0.889. The molecule has 130 valence electrons. The normalized spacial score (nSPS) is 23.6.